The molecule has 6 nitrogen and oxygen atoms in total. The maximum atomic E-state index is 12.3. The summed E-state index contributed by atoms with van der Waals surface area (Å²) in [4.78, 5) is 23.1. The molecule has 0 heterocycles. The molecule has 3 rings (SSSR count). The van der Waals surface area contributed by atoms with Crippen molar-refractivity contribution in [3.05, 3.63) is 59.7 Å². The summed E-state index contributed by atoms with van der Waals surface area (Å²) >= 11 is 0. The highest BCUT2D eigenvalue weighted by Gasteiger charge is 2.24. The molecule has 28 heavy (non-hydrogen) atoms. The smallest absolute Gasteiger partial charge is 0.409 e. The fourth-order valence-electron chi connectivity index (χ4n) is 3.80. The van der Waals surface area contributed by atoms with Crippen LogP contribution in [0.2, 0.25) is 0 Å². The Kier molecular flexibility index (Phi) is 6.28. The SMILES string of the molecule is N#Cc1ccc(NC(=O)CC2CCC(c3cccc(NC(=O)O)c3)CC2)cc1. The van der Waals surface area contributed by atoms with Crippen molar-refractivity contribution in [3.63, 3.8) is 0 Å². The summed E-state index contributed by atoms with van der Waals surface area (Å²) in [5.74, 6) is 0.754. The Bertz CT molecular complexity index is 879. The molecular formula is C22H23N3O3. The highest BCUT2D eigenvalue weighted by molar-refractivity contribution is 5.90. The molecule has 1 aliphatic carbocycles. The van der Waals surface area contributed by atoms with Crippen LogP contribution in [0, 0.1) is 17.2 Å². The normalized spacial score (nSPS) is 18.7. The zero-order chi connectivity index (χ0) is 19.9. The van der Waals surface area contributed by atoms with Crippen molar-refractivity contribution in [2.75, 3.05) is 10.6 Å². The third-order valence-electron chi connectivity index (χ3n) is 5.23. The van der Waals surface area contributed by atoms with E-state index in [4.69, 9.17) is 10.4 Å². The van der Waals surface area contributed by atoms with Crippen molar-refractivity contribution in [1.29, 1.82) is 5.26 Å². The number of carboxylic acid groups (broad SMARTS) is 1. The number of amides is 2. The van der Waals surface area contributed by atoms with E-state index in [0.717, 1.165) is 31.2 Å². The van der Waals surface area contributed by atoms with Crippen LogP contribution in [-0.4, -0.2) is 17.1 Å². The van der Waals surface area contributed by atoms with Crippen LogP contribution in [0.1, 0.15) is 49.1 Å². The molecule has 144 valence electrons. The Hall–Kier alpha value is -3.33. The molecule has 3 N–H and O–H groups in total. The van der Waals surface area contributed by atoms with Gasteiger partial charge in [-0.3, -0.25) is 10.1 Å². The lowest BCUT2D eigenvalue weighted by molar-refractivity contribution is -0.117. The molecule has 1 saturated carbocycles. The Labute approximate surface area is 164 Å². The fourth-order valence-corrected chi connectivity index (χ4v) is 3.80. The number of rotatable bonds is 5. The first-order valence-corrected chi connectivity index (χ1v) is 9.43. The van der Waals surface area contributed by atoms with Crippen LogP contribution in [0.15, 0.2) is 48.5 Å². The quantitative estimate of drug-likeness (QED) is 0.686. The zero-order valence-corrected chi connectivity index (χ0v) is 15.5. The molecule has 2 amide bonds. The molecule has 0 atom stereocenters. The Balaban J connectivity index is 1.49. The second kappa shape index (κ2) is 9.05. The second-order valence-electron chi connectivity index (χ2n) is 7.21. The lowest BCUT2D eigenvalue weighted by Crippen LogP contribution is -2.20. The molecule has 0 saturated heterocycles. The molecule has 1 fully saturated rings. The second-order valence-corrected chi connectivity index (χ2v) is 7.21. The van der Waals surface area contributed by atoms with E-state index in [-0.39, 0.29) is 5.91 Å². The van der Waals surface area contributed by atoms with Crippen LogP contribution in [0.4, 0.5) is 16.2 Å². The maximum Gasteiger partial charge on any atom is 0.409 e. The van der Waals surface area contributed by atoms with Crippen LogP contribution in [0.25, 0.3) is 0 Å². The van der Waals surface area contributed by atoms with E-state index >= 15 is 0 Å². The number of nitrogens with zero attached hydrogens (tertiary/aromatic N) is 1. The average molecular weight is 377 g/mol. The predicted octanol–water partition coefficient (Wildman–Crippen LogP) is 4.95. The molecule has 0 unspecified atom stereocenters. The maximum absolute atomic E-state index is 12.3. The van der Waals surface area contributed by atoms with Gasteiger partial charge in [0.2, 0.25) is 5.91 Å². The minimum absolute atomic E-state index is 0.000753. The number of nitrogens with one attached hydrogen (secondary N) is 2. The molecule has 6 heteroatoms. The Morgan fingerprint density at radius 2 is 1.71 bits per heavy atom. The summed E-state index contributed by atoms with van der Waals surface area (Å²) in [7, 11) is 0. The number of benzene rings is 2. The molecule has 2 aromatic carbocycles. The van der Waals surface area contributed by atoms with Crippen molar-refractivity contribution in [1.82, 2.24) is 0 Å². The number of nitriles is 1. The number of anilines is 2. The first-order chi connectivity index (χ1) is 13.5. The van der Waals surface area contributed by atoms with Gasteiger partial charge < -0.3 is 10.4 Å². The Morgan fingerprint density at radius 3 is 2.36 bits per heavy atom. The van der Waals surface area contributed by atoms with Crippen LogP contribution in [-0.2, 0) is 4.79 Å². The number of carbonyl (C=O) groups excluding carboxylic acids is 1. The van der Waals surface area contributed by atoms with E-state index in [2.05, 4.69) is 16.7 Å². The van der Waals surface area contributed by atoms with E-state index < -0.39 is 6.09 Å². The molecule has 0 aromatic heterocycles. The highest BCUT2D eigenvalue weighted by Crippen LogP contribution is 2.37. The standard InChI is InChI=1S/C22H23N3O3/c23-14-16-6-10-19(11-7-16)24-21(26)12-15-4-8-17(9-5-15)18-2-1-3-20(13-18)25-22(27)28/h1-3,6-7,10-11,13,15,17,25H,4-5,8-9,12H2,(H,24,26)(H,27,28). The minimum atomic E-state index is -1.06. The minimum Gasteiger partial charge on any atom is -0.465 e. The zero-order valence-electron chi connectivity index (χ0n) is 15.5. The summed E-state index contributed by atoms with van der Waals surface area (Å²) < 4.78 is 0. The van der Waals surface area contributed by atoms with Gasteiger partial charge in [0.1, 0.15) is 0 Å². The summed E-state index contributed by atoms with van der Waals surface area (Å²) in [6.07, 6.45) is 3.36. The Morgan fingerprint density at radius 1 is 1.00 bits per heavy atom. The molecule has 1 aliphatic rings. The van der Waals surface area contributed by atoms with Gasteiger partial charge in [0.15, 0.2) is 0 Å². The van der Waals surface area contributed by atoms with Gasteiger partial charge in [-0.05, 0) is 79.5 Å². The topological polar surface area (TPSA) is 102 Å². The first kappa shape index (κ1) is 19.4. The summed E-state index contributed by atoms with van der Waals surface area (Å²) in [6, 6.07) is 16.5. The van der Waals surface area contributed by atoms with Gasteiger partial charge in [0.05, 0.1) is 11.6 Å². The largest absolute Gasteiger partial charge is 0.465 e. The third-order valence-corrected chi connectivity index (χ3v) is 5.23. The lowest BCUT2D eigenvalue weighted by atomic mass is 9.77. The molecule has 2 aromatic rings. The van der Waals surface area contributed by atoms with Crippen LogP contribution in [0.5, 0.6) is 0 Å². The van der Waals surface area contributed by atoms with Crippen molar-refractivity contribution in [2.45, 2.75) is 38.0 Å². The summed E-state index contributed by atoms with van der Waals surface area (Å²) in [6.45, 7) is 0. The van der Waals surface area contributed by atoms with Crippen molar-refractivity contribution in [3.8, 4) is 6.07 Å². The van der Waals surface area contributed by atoms with E-state index in [1.165, 1.54) is 0 Å². The van der Waals surface area contributed by atoms with Crippen molar-refractivity contribution in [2.24, 2.45) is 5.92 Å². The number of hydrogen-bond acceptors (Lipinski definition) is 3. The van der Waals surface area contributed by atoms with Crippen LogP contribution < -0.4 is 10.6 Å². The van der Waals surface area contributed by atoms with Gasteiger partial charge in [-0.15, -0.1) is 0 Å². The average Bonchev–Trinajstić information content (AvgIpc) is 2.69. The highest BCUT2D eigenvalue weighted by atomic mass is 16.4. The molecule has 0 radical (unpaired) electrons. The molecule has 0 spiro atoms. The van der Waals surface area contributed by atoms with E-state index in [9.17, 15) is 9.59 Å². The van der Waals surface area contributed by atoms with Crippen molar-refractivity contribution >= 4 is 23.4 Å². The monoisotopic (exact) mass is 377 g/mol. The van der Waals surface area contributed by atoms with Gasteiger partial charge in [0.25, 0.3) is 0 Å². The number of hydrogen-bond donors (Lipinski definition) is 3. The molecule has 0 aliphatic heterocycles. The molecule has 0 bridgehead atoms. The van der Waals surface area contributed by atoms with Crippen molar-refractivity contribution < 1.29 is 14.7 Å². The molecular weight excluding hydrogens is 354 g/mol. The predicted molar refractivity (Wildman–Crippen MR) is 107 cm³/mol. The first-order valence-electron chi connectivity index (χ1n) is 9.43. The fraction of sp³-hybridized carbons (Fsp3) is 0.318. The van der Waals surface area contributed by atoms with Gasteiger partial charge in [-0.1, -0.05) is 12.1 Å². The number of carbonyl (C=O) groups is 2. The van der Waals surface area contributed by atoms with E-state index in [0.29, 0.717) is 35.2 Å². The lowest BCUT2D eigenvalue weighted by Gasteiger charge is -2.28. The van der Waals surface area contributed by atoms with Crippen LogP contribution in [0.3, 0.4) is 0 Å². The summed E-state index contributed by atoms with van der Waals surface area (Å²) in [5.41, 5.74) is 3.01. The van der Waals surface area contributed by atoms with Gasteiger partial charge >= 0.3 is 6.09 Å². The summed E-state index contributed by atoms with van der Waals surface area (Å²) in [5, 5.41) is 23.0. The van der Waals surface area contributed by atoms with E-state index in [1.54, 1.807) is 30.3 Å². The van der Waals surface area contributed by atoms with Gasteiger partial charge in [-0.25, -0.2) is 4.79 Å². The third kappa shape index (κ3) is 5.34. The van der Waals surface area contributed by atoms with Gasteiger partial charge in [0, 0.05) is 17.8 Å². The van der Waals surface area contributed by atoms with Crippen LogP contribution >= 0.6 is 0 Å². The van der Waals surface area contributed by atoms with E-state index in [1.807, 2.05) is 18.2 Å². The van der Waals surface area contributed by atoms with Gasteiger partial charge in [-0.2, -0.15) is 5.26 Å².